The molecule has 0 spiro atoms. The molecule has 9 heteroatoms. The molecule has 1 amide bonds. The van der Waals surface area contributed by atoms with Gasteiger partial charge >= 0.3 is 0 Å². The van der Waals surface area contributed by atoms with Gasteiger partial charge in [-0.3, -0.25) is 14.9 Å². The number of carbonyl (C=O) groups excluding carboxylic acids is 1. The molecular formula is C22H15FN4O4. The summed E-state index contributed by atoms with van der Waals surface area (Å²) < 4.78 is 19.5. The van der Waals surface area contributed by atoms with Crippen molar-refractivity contribution in [2.75, 3.05) is 0 Å². The maximum atomic E-state index is 13.8. The lowest BCUT2D eigenvalue weighted by atomic mass is 10.1. The molecule has 3 aromatic carbocycles. The van der Waals surface area contributed by atoms with Gasteiger partial charge in [0.1, 0.15) is 18.2 Å². The molecule has 0 bridgehead atoms. The minimum absolute atomic E-state index is 0.0152. The average Bonchev–Trinajstić information content (AvgIpc) is 2.78. The van der Waals surface area contributed by atoms with Gasteiger partial charge in [-0.25, -0.2) is 9.82 Å². The zero-order valence-corrected chi connectivity index (χ0v) is 16.0. The van der Waals surface area contributed by atoms with E-state index >= 15 is 0 Å². The van der Waals surface area contributed by atoms with Crippen LogP contribution >= 0.6 is 0 Å². The number of rotatable bonds is 7. The van der Waals surface area contributed by atoms with Crippen LogP contribution in [-0.2, 0) is 6.61 Å². The first-order valence-electron chi connectivity index (χ1n) is 8.95. The normalized spacial score (nSPS) is 10.5. The average molecular weight is 418 g/mol. The van der Waals surface area contributed by atoms with E-state index in [-0.39, 0.29) is 23.4 Å². The molecule has 8 nitrogen and oxygen atoms in total. The summed E-state index contributed by atoms with van der Waals surface area (Å²) in [6.07, 6.45) is 1.39. The molecule has 0 heterocycles. The lowest BCUT2D eigenvalue weighted by molar-refractivity contribution is -0.384. The number of hydrogen-bond acceptors (Lipinski definition) is 6. The Kier molecular flexibility index (Phi) is 6.65. The summed E-state index contributed by atoms with van der Waals surface area (Å²) >= 11 is 0. The number of benzene rings is 3. The molecule has 0 saturated heterocycles. The largest absolute Gasteiger partial charge is 0.489 e. The van der Waals surface area contributed by atoms with Gasteiger partial charge < -0.3 is 4.74 Å². The number of nitriles is 1. The number of non-ortho nitro benzene ring substituents is 1. The Labute approximate surface area is 176 Å². The smallest absolute Gasteiger partial charge is 0.274 e. The number of hydrogen-bond donors (Lipinski definition) is 1. The standard InChI is InChI=1S/C22H15FN4O4/c23-21-11-17(12-24)5-10-20(21)22(28)26-25-13-15-3-8-19(9-4-15)31-14-16-1-6-18(7-2-16)27(29)30/h1-11,13H,14H2,(H,26,28)/b25-13+. The number of carbonyl (C=O) groups is 1. The van der Waals surface area contributed by atoms with E-state index in [0.29, 0.717) is 11.3 Å². The van der Waals surface area contributed by atoms with Gasteiger partial charge in [-0.05, 0) is 65.7 Å². The fourth-order valence-electron chi connectivity index (χ4n) is 2.53. The van der Waals surface area contributed by atoms with Crippen molar-refractivity contribution in [3.8, 4) is 11.8 Å². The van der Waals surface area contributed by atoms with Crippen molar-refractivity contribution in [3.05, 3.63) is 105 Å². The first-order valence-corrected chi connectivity index (χ1v) is 8.95. The number of nitrogens with one attached hydrogen (secondary N) is 1. The van der Waals surface area contributed by atoms with Crippen molar-refractivity contribution in [2.45, 2.75) is 6.61 Å². The second-order valence-corrected chi connectivity index (χ2v) is 6.29. The van der Waals surface area contributed by atoms with Crippen LogP contribution in [0.1, 0.15) is 27.0 Å². The molecule has 31 heavy (non-hydrogen) atoms. The Balaban J connectivity index is 1.53. The van der Waals surface area contributed by atoms with E-state index < -0.39 is 16.6 Å². The van der Waals surface area contributed by atoms with Crippen molar-refractivity contribution in [3.63, 3.8) is 0 Å². The molecule has 0 atom stereocenters. The van der Waals surface area contributed by atoms with Gasteiger partial charge in [-0.2, -0.15) is 10.4 Å². The highest BCUT2D eigenvalue weighted by atomic mass is 19.1. The van der Waals surface area contributed by atoms with Crippen LogP contribution in [0.4, 0.5) is 10.1 Å². The van der Waals surface area contributed by atoms with Crippen LogP contribution in [0.25, 0.3) is 0 Å². The van der Waals surface area contributed by atoms with Crippen LogP contribution < -0.4 is 10.2 Å². The predicted octanol–water partition coefficient (Wildman–Crippen LogP) is 3.95. The van der Waals surface area contributed by atoms with E-state index in [9.17, 15) is 19.3 Å². The zero-order valence-electron chi connectivity index (χ0n) is 16.0. The summed E-state index contributed by atoms with van der Waals surface area (Å²) in [7, 11) is 0. The zero-order chi connectivity index (χ0) is 22.2. The topological polar surface area (TPSA) is 118 Å². The van der Waals surface area contributed by atoms with Crippen molar-refractivity contribution >= 4 is 17.8 Å². The second-order valence-electron chi connectivity index (χ2n) is 6.29. The highest BCUT2D eigenvalue weighted by molar-refractivity contribution is 5.95. The van der Waals surface area contributed by atoms with Crippen molar-refractivity contribution in [2.24, 2.45) is 5.10 Å². The number of ether oxygens (including phenoxy) is 1. The molecule has 1 N–H and O–H groups in total. The van der Waals surface area contributed by atoms with Crippen molar-refractivity contribution in [1.82, 2.24) is 5.43 Å². The molecule has 0 aliphatic heterocycles. The highest BCUT2D eigenvalue weighted by Gasteiger charge is 2.11. The van der Waals surface area contributed by atoms with E-state index in [0.717, 1.165) is 11.6 Å². The Morgan fingerprint density at radius 3 is 2.48 bits per heavy atom. The summed E-state index contributed by atoms with van der Waals surface area (Å²) in [5.74, 6) is -0.957. The van der Waals surface area contributed by atoms with E-state index in [1.54, 1.807) is 42.5 Å². The van der Waals surface area contributed by atoms with Gasteiger partial charge in [0.25, 0.3) is 11.6 Å². The maximum Gasteiger partial charge on any atom is 0.274 e. The second kappa shape index (κ2) is 9.76. The Morgan fingerprint density at radius 1 is 1.16 bits per heavy atom. The fourth-order valence-corrected chi connectivity index (χ4v) is 2.53. The van der Waals surface area contributed by atoms with Crippen LogP contribution in [0, 0.1) is 27.3 Å². The number of hydrazone groups is 1. The summed E-state index contributed by atoms with van der Waals surface area (Å²) in [5, 5.41) is 23.2. The van der Waals surface area contributed by atoms with Crippen LogP contribution in [0.15, 0.2) is 71.8 Å². The fraction of sp³-hybridized carbons (Fsp3) is 0.0455. The maximum absolute atomic E-state index is 13.8. The molecule has 0 radical (unpaired) electrons. The van der Waals surface area contributed by atoms with Gasteiger partial charge in [0.15, 0.2) is 0 Å². The monoisotopic (exact) mass is 418 g/mol. The van der Waals surface area contributed by atoms with Crippen LogP contribution in [-0.4, -0.2) is 17.0 Å². The molecule has 0 fully saturated rings. The molecule has 154 valence electrons. The van der Waals surface area contributed by atoms with Gasteiger partial charge in [-0.1, -0.05) is 0 Å². The lowest BCUT2D eigenvalue weighted by Crippen LogP contribution is -2.19. The Bertz CT molecular complexity index is 1170. The Hall–Kier alpha value is -4.58. The SMILES string of the molecule is N#Cc1ccc(C(=O)N/N=C/c2ccc(OCc3ccc([N+](=O)[O-])cc3)cc2)c(F)c1. The van der Waals surface area contributed by atoms with Crippen molar-refractivity contribution < 1.29 is 18.8 Å². The lowest BCUT2D eigenvalue weighted by Gasteiger charge is -2.06. The van der Waals surface area contributed by atoms with Gasteiger partial charge in [-0.15, -0.1) is 0 Å². The molecule has 0 saturated carbocycles. The van der Waals surface area contributed by atoms with E-state index in [4.69, 9.17) is 10.00 Å². The van der Waals surface area contributed by atoms with E-state index in [2.05, 4.69) is 10.5 Å². The number of nitro benzene ring substituents is 1. The predicted molar refractivity (Wildman–Crippen MR) is 110 cm³/mol. The number of amides is 1. The molecule has 0 aliphatic carbocycles. The van der Waals surface area contributed by atoms with Gasteiger partial charge in [0.2, 0.25) is 0 Å². The number of nitrogens with zero attached hydrogens (tertiary/aromatic N) is 3. The molecule has 0 unspecified atom stereocenters. The van der Waals surface area contributed by atoms with E-state index in [1.165, 1.54) is 30.5 Å². The van der Waals surface area contributed by atoms with Gasteiger partial charge in [0, 0.05) is 12.1 Å². The molecule has 3 rings (SSSR count). The number of halogens is 1. The summed E-state index contributed by atoms with van der Waals surface area (Å²) in [5.41, 5.74) is 3.60. The number of nitro groups is 1. The quantitative estimate of drug-likeness (QED) is 0.354. The van der Waals surface area contributed by atoms with Gasteiger partial charge in [0.05, 0.1) is 28.3 Å². The minimum atomic E-state index is -0.804. The van der Waals surface area contributed by atoms with Crippen LogP contribution in [0.2, 0.25) is 0 Å². The minimum Gasteiger partial charge on any atom is -0.489 e. The molecule has 0 aliphatic rings. The molecular weight excluding hydrogens is 403 g/mol. The molecule has 0 aromatic heterocycles. The third kappa shape index (κ3) is 5.71. The summed E-state index contributed by atoms with van der Waals surface area (Å²) in [6.45, 7) is 0.248. The summed E-state index contributed by atoms with van der Waals surface area (Å²) in [6, 6.07) is 18.2. The first-order chi connectivity index (χ1) is 15.0. The highest BCUT2D eigenvalue weighted by Crippen LogP contribution is 2.16. The molecule has 3 aromatic rings. The Morgan fingerprint density at radius 2 is 1.87 bits per heavy atom. The third-order valence-electron chi connectivity index (χ3n) is 4.16. The van der Waals surface area contributed by atoms with Crippen LogP contribution in [0.3, 0.4) is 0 Å². The summed E-state index contributed by atoms with van der Waals surface area (Å²) in [4.78, 5) is 22.2. The van der Waals surface area contributed by atoms with Crippen molar-refractivity contribution in [1.29, 1.82) is 5.26 Å². The first kappa shape index (κ1) is 21.1. The van der Waals surface area contributed by atoms with E-state index in [1.807, 2.05) is 0 Å². The third-order valence-corrected chi connectivity index (χ3v) is 4.16. The van der Waals surface area contributed by atoms with Crippen LogP contribution in [0.5, 0.6) is 5.75 Å².